The minimum Gasteiger partial charge on any atom is -0.367 e. The summed E-state index contributed by atoms with van der Waals surface area (Å²) in [5.74, 6) is 1.46. The molecule has 2 aromatic rings. The average molecular weight is 381 g/mol. The van der Waals surface area contributed by atoms with E-state index in [1.165, 1.54) is 25.1 Å². The summed E-state index contributed by atoms with van der Waals surface area (Å²) in [6.45, 7) is 8.76. The number of carbonyl (C=O) groups is 1. The van der Waals surface area contributed by atoms with Crippen LogP contribution >= 0.6 is 0 Å². The summed E-state index contributed by atoms with van der Waals surface area (Å²) in [6.07, 6.45) is 2.41. The van der Waals surface area contributed by atoms with Gasteiger partial charge in [0.15, 0.2) is 0 Å². The number of ether oxygens (including phenoxy) is 1. The highest BCUT2D eigenvalue weighted by molar-refractivity contribution is 5.91. The van der Waals surface area contributed by atoms with Crippen LogP contribution in [0.15, 0.2) is 54.6 Å². The maximum absolute atomic E-state index is 12.0. The van der Waals surface area contributed by atoms with E-state index in [1.54, 1.807) is 0 Å². The third-order valence-electron chi connectivity index (χ3n) is 5.21. The van der Waals surface area contributed by atoms with Gasteiger partial charge in [-0.1, -0.05) is 56.3 Å². The summed E-state index contributed by atoms with van der Waals surface area (Å²) in [4.78, 5) is 14.6. The summed E-state index contributed by atoms with van der Waals surface area (Å²) >= 11 is 0. The van der Waals surface area contributed by atoms with Crippen LogP contribution in [-0.2, 0) is 22.6 Å². The second-order valence-corrected chi connectivity index (χ2v) is 8.18. The van der Waals surface area contributed by atoms with Gasteiger partial charge in [0.2, 0.25) is 5.91 Å². The second-order valence-electron chi connectivity index (χ2n) is 8.18. The summed E-state index contributed by atoms with van der Waals surface area (Å²) in [5, 5.41) is 2.83. The number of benzene rings is 2. The fourth-order valence-electron chi connectivity index (χ4n) is 4.12. The molecule has 0 bridgehead atoms. The van der Waals surface area contributed by atoms with Crippen molar-refractivity contribution in [2.75, 3.05) is 31.6 Å². The molecular weight excluding hydrogens is 348 g/mol. The number of rotatable bonds is 8. The Kier molecular flexibility index (Phi) is 7.63. The molecule has 1 amide bonds. The molecule has 2 atom stereocenters. The number of hydrogen-bond donors (Lipinski definition) is 1. The van der Waals surface area contributed by atoms with Gasteiger partial charge in [-0.15, -0.1) is 0 Å². The van der Waals surface area contributed by atoms with Crippen molar-refractivity contribution in [3.05, 3.63) is 65.7 Å². The molecule has 28 heavy (non-hydrogen) atoms. The first-order valence-electron chi connectivity index (χ1n) is 10.3. The van der Waals surface area contributed by atoms with Crippen LogP contribution in [0.1, 0.15) is 31.4 Å². The highest BCUT2D eigenvalue weighted by Gasteiger charge is 2.21. The molecule has 150 valence electrons. The lowest BCUT2D eigenvalue weighted by molar-refractivity contribution is -0.121. The molecule has 0 aromatic heterocycles. The summed E-state index contributed by atoms with van der Waals surface area (Å²) in [6, 6.07) is 18.0. The quantitative estimate of drug-likeness (QED) is 0.740. The second kappa shape index (κ2) is 10.4. The standard InChI is InChI=1S/C24H32N2O2/c1-19-13-20(2)16-26(15-19)12-11-21-7-6-8-22(14-21)17-28-18-24(27)25-23-9-4-3-5-10-23/h3-10,14,19-20H,11-13,15-18H2,1-2H3,(H,25,27). The number of para-hydroxylation sites is 1. The van der Waals surface area contributed by atoms with Gasteiger partial charge < -0.3 is 15.0 Å². The van der Waals surface area contributed by atoms with Crippen LogP contribution in [0.2, 0.25) is 0 Å². The molecule has 2 unspecified atom stereocenters. The van der Waals surface area contributed by atoms with Crippen molar-refractivity contribution < 1.29 is 9.53 Å². The van der Waals surface area contributed by atoms with Gasteiger partial charge in [0.1, 0.15) is 6.61 Å². The fourth-order valence-corrected chi connectivity index (χ4v) is 4.12. The van der Waals surface area contributed by atoms with Crippen LogP contribution in [0.25, 0.3) is 0 Å². The molecule has 1 saturated heterocycles. The summed E-state index contributed by atoms with van der Waals surface area (Å²) < 4.78 is 5.61. The first-order chi connectivity index (χ1) is 13.6. The Morgan fingerprint density at radius 2 is 1.75 bits per heavy atom. The van der Waals surface area contributed by atoms with Crippen molar-refractivity contribution in [1.29, 1.82) is 0 Å². The Morgan fingerprint density at radius 3 is 2.50 bits per heavy atom. The molecule has 0 aliphatic carbocycles. The zero-order valence-corrected chi connectivity index (χ0v) is 17.1. The van der Waals surface area contributed by atoms with Crippen molar-refractivity contribution in [2.45, 2.75) is 33.3 Å². The molecule has 1 heterocycles. The third kappa shape index (κ3) is 6.77. The summed E-state index contributed by atoms with van der Waals surface area (Å²) in [7, 11) is 0. The molecule has 0 radical (unpaired) electrons. The molecule has 0 spiro atoms. The van der Waals surface area contributed by atoms with Crippen molar-refractivity contribution in [3.8, 4) is 0 Å². The topological polar surface area (TPSA) is 41.6 Å². The lowest BCUT2D eigenvalue weighted by Crippen LogP contribution is -2.39. The van der Waals surface area contributed by atoms with Gasteiger partial charge in [0.05, 0.1) is 6.61 Å². The minimum absolute atomic E-state index is 0.0582. The Hall–Kier alpha value is -2.17. The van der Waals surface area contributed by atoms with Crippen LogP contribution in [0.5, 0.6) is 0 Å². The lowest BCUT2D eigenvalue weighted by atomic mass is 9.91. The van der Waals surface area contributed by atoms with E-state index >= 15 is 0 Å². The van der Waals surface area contributed by atoms with Crippen molar-refractivity contribution in [3.63, 3.8) is 0 Å². The van der Waals surface area contributed by atoms with E-state index in [4.69, 9.17) is 4.74 Å². The molecule has 2 aromatic carbocycles. The lowest BCUT2D eigenvalue weighted by Gasteiger charge is -2.35. The van der Waals surface area contributed by atoms with E-state index in [2.05, 4.69) is 48.3 Å². The van der Waals surface area contributed by atoms with Crippen molar-refractivity contribution in [1.82, 2.24) is 4.90 Å². The molecule has 4 heteroatoms. The molecule has 1 N–H and O–H groups in total. The van der Waals surface area contributed by atoms with Gasteiger partial charge in [0, 0.05) is 25.3 Å². The predicted molar refractivity (Wildman–Crippen MR) is 114 cm³/mol. The van der Waals surface area contributed by atoms with Crippen LogP contribution in [0.4, 0.5) is 5.69 Å². The molecule has 1 aliphatic heterocycles. The van der Waals surface area contributed by atoms with Gasteiger partial charge in [-0.2, -0.15) is 0 Å². The number of carbonyl (C=O) groups excluding carboxylic acids is 1. The van der Waals surface area contributed by atoms with E-state index in [9.17, 15) is 4.79 Å². The first kappa shape index (κ1) is 20.6. The minimum atomic E-state index is -0.129. The zero-order chi connectivity index (χ0) is 19.8. The molecule has 4 nitrogen and oxygen atoms in total. The Balaban J connectivity index is 1.41. The van der Waals surface area contributed by atoms with E-state index in [1.807, 2.05) is 30.3 Å². The van der Waals surface area contributed by atoms with Crippen molar-refractivity contribution in [2.24, 2.45) is 11.8 Å². The zero-order valence-electron chi connectivity index (χ0n) is 17.1. The monoisotopic (exact) mass is 380 g/mol. The largest absolute Gasteiger partial charge is 0.367 e. The Morgan fingerprint density at radius 1 is 1.04 bits per heavy atom. The Bertz CT molecular complexity index is 737. The van der Waals surface area contributed by atoms with E-state index in [-0.39, 0.29) is 12.5 Å². The Labute approximate surface area is 168 Å². The summed E-state index contributed by atoms with van der Waals surface area (Å²) in [5.41, 5.74) is 3.24. The predicted octanol–water partition coefficient (Wildman–Crippen LogP) is 4.36. The van der Waals surface area contributed by atoms with Crippen LogP contribution in [-0.4, -0.2) is 37.0 Å². The van der Waals surface area contributed by atoms with Gasteiger partial charge in [-0.25, -0.2) is 0 Å². The number of likely N-dealkylation sites (tertiary alicyclic amines) is 1. The van der Waals surface area contributed by atoms with E-state index in [0.717, 1.165) is 36.1 Å². The average Bonchev–Trinajstić information content (AvgIpc) is 2.67. The third-order valence-corrected chi connectivity index (χ3v) is 5.21. The van der Waals surface area contributed by atoms with Crippen LogP contribution in [0, 0.1) is 11.8 Å². The van der Waals surface area contributed by atoms with Crippen LogP contribution < -0.4 is 5.32 Å². The normalized spacial score (nSPS) is 20.1. The highest BCUT2D eigenvalue weighted by atomic mass is 16.5. The number of anilines is 1. The molecular formula is C24H32N2O2. The van der Waals surface area contributed by atoms with Gasteiger partial charge in [0.25, 0.3) is 0 Å². The number of nitrogens with one attached hydrogen (secondary N) is 1. The maximum atomic E-state index is 12.0. The van der Waals surface area contributed by atoms with E-state index in [0.29, 0.717) is 6.61 Å². The van der Waals surface area contributed by atoms with Gasteiger partial charge in [-0.05, 0) is 47.9 Å². The molecule has 1 aliphatic rings. The number of piperidine rings is 1. The molecule has 3 rings (SSSR count). The number of amides is 1. The molecule has 0 saturated carbocycles. The van der Waals surface area contributed by atoms with Gasteiger partial charge >= 0.3 is 0 Å². The molecule has 1 fully saturated rings. The van der Waals surface area contributed by atoms with Crippen molar-refractivity contribution >= 4 is 11.6 Å². The number of hydrogen-bond acceptors (Lipinski definition) is 3. The first-order valence-corrected chi connectivity index (χ1v) is 10.3. The maximum Gasteiger partial charge on any atom is 0.250 e. The van der Waals surface area contributed by atoms with Gasteiger partial charge in [-0.3, -0.25) is 4.79 Å². The highest BCUT2D eigenvalue weighted by Crippen LogP contribution is 2.21. The number of nitrogens with zero attached hydrogens (tertiary/aromatic N) is 1. The fraction of sp³-hybridized carbons (Fsp3) is 0.458. The SMILES string of the molecule is CC1CC(C)CN(CCc2cccc(COCC(=O)Nc3ccccc3)c2)C1. The van der Waals surface area contributed by atoms with E-state index < -0.39 is 0 Å². The smallest absolute Gasteiger partial charge is 0.250 e. The van der Waals surface area contributed by atoms with Crippen LogP contribution in [0.3, 0.4) is 0 Å².